The van der Waals surface area contributed by atoms with Gasteiger partial charge in [-0.15, -0.1) is 0 Å². The van der Waals surface area contributed by atoms with Gasteiger partial charge in [-0.25, -0.2) is 0 Å². The fourth-order valence-electron chi connectivity index (χ4n) is 1.03. The zero-order valence-electron chi connectivity index (χ0n) is 6.13. The molecule has 1 aliphatic rings. The lowest BCUT2D eigenvalue weighted by molar-refractivity contribution is 0.174. The molecule has 0 fully saturated rings. The second-order valence-corrected chi connectivity index (χ2v) is 3.18. The molecular formula is C7H7BrN2O2. The van der Waals surface area contributed by atoms with Crippen LogP contribution in [0.4, 0.5) is 5.69 Å². The third-order valence-electron chi connectivity index (χ3n) is 1.62. The highest BCUT2D eigenvalue weighted by atomic mass is 79.9. The van der Waals surface area contributed by atoms with Crippen LogP contribution in [-0.2, 0) is 0 Å². The number of ether oxygens (including phenoxy) is 2. The summed E-state index contributed by atoms with van der Waals surface area (Å²) >= 11 is 3.33. The SMILES string of the molecule is NNc1cc2c(cc1Br)OCO2. The number of rotatable bonds is 1. The molecule has 0 unspecified atom stereocenters. The quantitative estimate of drug-likeness (QED) is 0.567. The van der Waals surface area contributed by atoms with Crippen molar-refractivity contribution in [2.24, 2.45) is 5.84 Å². The number of nitrogens with two attached hydrogens (primary N) is 1. The van der Waals surface area contributed by atoms with Crippen LogP contribution in [0.2, 0.25) is 0 Å². The first kappa shape index (κ1) is 7.70. The maximum atomic E-state index is 5.27. The summed E-state index contributed by atoms with van der Waals surface area (Å²) in [6.07, 6.45) is 0. The topological polar surface area (TPSA) is 56.5 Å². The molecule has 1 aromatic carbocycles. The van der Waals surface area contributed by atoms with E-state index in [1.807, 2.05) is 6.07 Å². The Labute approximate surface area is 77.7 Å². The van der Waals surface area contributed by atoms with Gasteiger partial charge >= 0.3 is 0 Å². The predicted octanol–water partition coefficient (Wildman–Crippen LogP) is 1.46. The molecule has 0 aromatic heterocycles. The molecule has 0 saturated heterocycles. The molecule has 0 saturated carbocycles. The van der Waals surface area contributed by atoms with Crippen molar-refractivity contribution < 1.29 is 9.47 Å². The summed E-state index contributed by atoms with van der Waals surface area (Å²) in [5.41, 5.74) is 3.32. The number of anilines is 1. The lowest BCUT2D eigenvalue weighted by Gasteiger charge is -2.04. The molecule has 5 heteroatoms. The summed E-state index contributed by atoms with van der Waals surface area (Å²) in [6.45, 7) is 0.274. The molecule has 1 aromatic rings. The predicted molar refractivity (Wildman–Crippen MR) is 48.1 cm³/mol. The summed E-state index contributed by atoms with van der Waals surface area (Å²) in [5.74, 6) is 6.72. The van der Waals surface area contributed by atoms with Crippen molar-refractivity contribution in [2.75, 3.05) is 12.2 Å². The van der Waals surface area contributed by atoms with Gasteiger partial charge in [0.25, 0.3) is 0 Å². The van der Waals surface area contributed by atoms with Crippen molar-refractivity contribution in [2.45, 2.75) is 0 Å². The molecule has 0 aliphatic carbocycles. The molecule has 3 N–H and O–H groups in total. The van der Waals surface area contributed by atoms with Crippen molar-refractivity contribution in [3.63, 3.8) is 0 Å². The minimum absolute atomic E-state index is 0.274. The van der Waals surface area contributed by atoms with Gasteiger partial charge in [0.2, 0.25) is 6.79 Å². The van der Waals surface area contributed by atoms with Crippen molar-refractivity contribution in [1.82, 2.24) is 0 Å². The molecule has 0 atom stereocenters. The molecule has 0 amide bonds. The van der Waals surface area contributed by atoms with Gasteiger partial charge in [-0.2, -0.15) is 0 Å². The van der Waals surface area contributed by atoms with Gasteiger partial charge in [-0.05, 0) is 15.9 Å². The summed E-state index contributed by atoms with van der Waals surface area (Å²) < 4.78 is 11.2. The average molecular weight is 231 g/mol. The molecule has 0 bridgehead atoms. The Hall–Kier alpha value is -0.940. The molecule has 0 radical (unpaired) electrons. The lowest BCUT2D eigenvalue weighted by Crippen LogP contribution is -2.06. The van der Waals surface area contributed by atoms with E-state index in [1.165, 1.54) is 0 Å². The largest absolute Gasteiger partial charge is 0.454 e. The second kappa shape index (κ2) is 2.84. The third-order valence-corrected chi connectivity index (χ3v) is 2.27. The first-order valence-electron chi connectivity index (χ1n) is 3.37. The van der Waals surface area contributed by atoms with E-state index in [-0.39, 0.29) is 6.79 Å². The minimum Gasteiger partial charge on any atom is -0.454 e. The van der Waals surface area contributed by atoms with E-state index in [1.54, 1.807) is 6.07 Å². The highest BCUT2D eigenvalue weighted by Crippen LogP contribution is 2.38. The minimum atomic E-state index is 0.274. The normalized spacial score (nSPS) is 13.2. The Morgan fingerprint density at radius 1 is 1.33 bits per heavy atom. The van der Waals surface area contributed by atoms with Crippen LogP contribution in [0.25, 0.3) is 0 Å². The van der Waals surface area contributed by atoms with Crippen molar-refractivity contribution >= 4 is 21.6 Å². The average Bonchev–Trinajstić information content (AvgIpc) is 2.49. The van der Waals surface area contributed by atoms with Crippen LogP contribution in [-0.4, -0.2) is 6.79 Å². The van der Waals surface area contributed by atoms with Gasteiger partial charge < -0.3 is 14.9 Å². The number of benzene rings is 1. The number of hydrogen-bond donors (Lipinski definition) is 2. The van der Waals surface area contributed by atoms with Crippen LogP contribution >= 0.6 is 15.9 Å². The maximum Gasteiger partial charge on any atom is 0.231 e. The zero-order valence-corrected chi connectivity index (χ0v) is 7.72. The summed E-state index contributed by atoms with van der Waals surface area (Å²) in [4.78, 5) is 0. The first-order valence-corrected chi connectivity index (χ1v) is 4.16. The Balaban J connectivity index is 2.49. The highest BCUT2D eigenvalue weighted by molar-refractivity contribution is 9.10. The van der Waals surface area contributed by atoms with Gasteiger partial charge in [0.1, 0.15) is 0 Å². The smallest absolute Gasteiger partial charge is 0.231 e. The Bertz CT molecular complexity index is 316. The fourth-order valence-corrected chi connectivity index (χ4v) is 1.46. The molecule has 4 nitrogen and oxygen atoms in total. The Morgan fingerprint density at radius 3 is 2.67 bits per heavy atom. The molecule has 0 spiro atoms. The Morgan fingerprint density at radius 2 is 2.00 bits per heavy atom. The number of hydrogen-bond acceptors (Lipinski definition) is 4. The zero-order chi connectivity index (χ0) is 8.55. The number of halogens is 1. The molecular weight excluding hydrogens is 224 g/mol. The summed E-state index contributed by atoms with van der Waals surface area (Å²) in [5, 5.41) is 0. The van der Waals surface area contributed by atoms with E-state index in [2.05, 4.69) is 21.4 Å². The van der Waals surface area contributed by atoms with Crippen molar-refractivity contribution in [3.05, 3.63) is 16.6 Å². The third kappa shape index (κ3) is 1.11. The molecule has 64 valence electrons. The van der Waals surface area contributed by atoms with Crippen LogP contribution in [0.5, 0.6) is 11.5 Å². The molecule has 12 heavy (non-hydrogen) atoms. The number of nitrogens with one attached hydrogen (secondary N) is 1. The van der Waals surface area contributed by atoms with Crippen LogP contribution < -0.4 is 20.7 Å². The number of fused-ring (bicyclic) bond motifs is 1. The van der Waals surface area contributed by atoms with Crippen molar-refractivity contribution in [1.29, 1.82) is 0 Å². The van der Waals surface area contributed by atoms with Crippen LogP contribution in [0.3, 0.4) is 0 Å². The fraction of sp³-hybridized carbons (Fsp3) is 0.143. The number of nitrogen functional groups attached to an aromatic ring is 1. The second-order valence-electron chi connectivity index (χ2n) is 2.33. The maximum absolute atomic E-state index is 5.27. The van der Waals surface area contributed by atoms with Crippen molar-refractivity contribution in [3.8, 4) is 11.5 Å². The van der Waals surface area contributed by atoms with E-state index < -0.39 is 0 Å². The van der Waals surface area contributed by atoms with E-state index in [4.69, 9.17) is 15.3 Å². The van der Waals surface area contributed by atoms with Gasteiger partial charge in [0.15, 0.2) is 11.5 Å². The molecule has 1 aliphatic heterocycles. The first-order chi connectivity index (χ1) is 5.81. The van der Waals surface area contributed by atoms with E-state index >= 15 is 0 Å². The van der Waals surface area contributed by atoms with Crippen LogP contribution in [0, 0.1) is 0 Å². The van der Waals surface area contributed by atoms with Gasteiger partial charge in [-0.3, -0.25) is 5.84 Å². The summed E-state index contributed by atoms with van der Waals surface area (Å²) in [7, 11) is 0. The van der Waals surface area contributed by atoms with Gasteiger partial charge in [0.05, 0.1) is 5.69 Å². The monoisotopic (exact) mass is 230 g/mol. The van der Waals surface area contributed by atoms with Gasteiger partial charge in [-0.1, -0.05) is 0 Å². The van der Waals surface area contributed by atoms with Crippen LogP contribution in [0.15, 0.2) is 16.6 Å². The Kier molecular flexibility index (Phi) is 1.82. The van der Waals surface area contributed by atoms with E-state index in [9.17, 15) is 0 Å². The van der Waals surface area contributed by atoms with E-state index in [0.29, 0.717) is 5.75 Å². The number of hydrazine groups is 1. The van der Waals surface area contributed by atoms with E-state index in [0.717, 1.165) is 15.9 Å². The van der Waals surface area contributed by atoms with Gasteiger partial charge in [0, 0.05) is 16.6 Å². The summed E-state index contributed by atoms with van der Waals surface area (Å²) in [6, 6.07) is 3.60. The highest BCUT2D eigenvalue weighted by Gasteiger charge is 2.15. The molecule has 1 heterocycles. The molecule has 2 rings (SSSR count). The van der Waals surface area contributed by atoms with Crippen LogP contribution in [0.1, 0.15) is 0 Å². The standard InChI is InChI=1S/C7H7BrN2O2/c8-4-1-6-7(12-3-11-6)2-5(4)10-9/h1-2,10H,3,9H2. The lowest BCUT2D eigenvalue weighted by atomic mass is 10.3.